The molecule has 94 valence electrons. The molecule has 0 bridgehead atoms. The molecule has 0 saturated carbocycles. The summed E-state index contributed by atoms with van der Waals surface area (Å²) < 4.78 is 14.1. The van der Waals surface area contributed by atoms with Crippen molar-refractivity contribution >= 4 is 11.7 Å². The summed E-state index contributed by atoms with van der Waals surface area (Å²) in [6.07, 6.45) is 1.36. The van der Waals surface area contributed by atoms with Crippen LogP contribution in [0, 0.1) is 5.82 Å². The SMILES string of the molecule is O=C(O)c1cn(CCNc2ccc(F)cc2)nn1. The third kappa shape index (κ3) is 3.03. The van der Waals surface area contributed by atoms with Crippen LogP contribution < -0.4 is 5.32 Å². The second-order valence-corrected chi connectivity index (χ2v) is 3.61. The Bertz CT molecular complexity index is 538. The number of benzene rings is 1. The molecule has 18 heavy (non-hydrogen) atoms. The zero-order chi connectivity index (χ0) is 13.0. The van der Waals surface area contributed by atoms with Gasteiger partial charge in [-0.25, -0.2) is 13.9 Å². The van der Waals surface area contributed by atoms with Gasteiger partial charge in [0.2, 0.25) is 0 Å². The molecule has 7 heteroatoms. The lowest BCUT2D eigenvalue weighted by Crippen LogP contribution is -2.11. The number of carbonyl (C=O) groups is 1. The molecule has 6 nitrogen and oxygen atoms in total. The average molecular weight is 250 g/mol. The highest BCUT2D eigenvalue weighted by molar-refractivity contribution is 5.84. The Morgan fingerprint density at radius 3 is 2.72 bits per heavy atom. The first-order valence-electron chi connectivity index (χ1n) is 5.28. The first kappa shape index (κ1) is 12.0. The standard InChI is InChI=1S/C11H11FN4O2/c12-8-1-3-9(4-2-8)13-5-6-16-7-10(11(17)18)14-15-16/h1-4,7,13H,5-6H2,(H,17,18). The van der Waals surface area contributed by atoms with E-state index < -0.39 is 5.97 Å². The smallest absolute Gasteiger partial charge is 0.358 e. The second-order valence-electron chi connectivity index (χ2n) is 3.61. The van der Waals surface area contributed by atoms with Crippen molar-refractivity contribution < 1.29 is 14.3 Å². The Hall–Kier alpha value is -2.44. The number of nitrogens with zero attached hydrogens (tertiary/aromatic N) is 3. The van der Waals surface area contributed by atoms with E-state index in [0.29, 0.717) is 13.1 Å². The lowest BCUT2D eigenvalue weighted by Gasteiger charge is -2.05. The third-order valence-electron chi connectivity index (χ3n) is 2.27. The summed E-state index contributed by atoms with van der Waals surface area (Å²) >= 11 is 0. The van der Waals surface area contributed by atoms with Crippen LogP contribution in [0.25, 0.3) is 0 Å². The van der Waals surface area contributed by atoms with E-state index in [1.165, 1.54) is 23.0 Å². The predicted molar refractivity (Wildman–Crippen MR) is 61.9 cm³/mol. The summed E-state index contributed by atoms with van der Waals surface area (Å²) in [6.45, 7) is 1.01. The zero-order valence-electron chi connectivity index (χ0n) is 9.38. The van der Waals surface area contributed by atoms with Crippen LogP contribution in [0.4, 0.5) is 10.1 Å². The fourth-order valence-electron chi connectivity index (χ4n) is 1.39. The average Bonchev–Trinajstić information content (AvgIpc) is 2.81. The van der Waals surface area contributed by atoms with Crippen molar-refractivity contribution in [3.05, 3.63) is 42.0 Å². The highest BCUT2D eigenvalue weighted by Crippen LogP contribution is 2.07. The fraction of sp³-hybridized carbons (Fsp3) is 0.182. The van der Waals surface area contributed by atoms with Crippen molar-refractivity contribution in [2.45, 2.75) is 6.54 Å². The van der Waals surface area contributed by atoms with E-state index in [4.69, 9.17) is 5.11 Å². The van der Waals surface area contributed by atoms with Gasteiger partial charge in [-0.05, 0) is 24.3 Å². The molecule has 2 N–H and O–H groups in total. The van der Waals surface area contributed by atoms with E-state index in [1.54, 1.807) is 12.1 Å². The van der Waals surface area contributed by atoms with Crippen LogP contribution in [-0.2, 0) is 6.54 Å². The summed E-state index contributed by atoms with van der Waals surface area (Å²) in [4.78, 5) is 10.6. The molecule has 0 amide bonds. The van der Waals surface area contributed by atoms with Gasteiger partial charge in [-0.3, -0.25) is 0 Å². The topological polar surface area (TPSA) is 80.0 Å². The first-order valence-corrected chi connectivity index (χ1v) is 5.28. The quantitative estimate of drug-likeness (QED) is 0.834. The van der Waals surface area contributed by atoms with Gasteiger partial charge < -0.3 is 10.4 Å². The maximum atomic E-state index is 12.6. The van der Waals surface area contributed by atoms with E-state index in [2.05, 4.69) is 15.6 Å². The van der Waals surface area contributed by atoms with Crippen molar-refractivity contribution in [1.82, 2.24) is 15.0 Å². The molecule has 1 aromatic carbocycles. The number of hydrogen-bond donors (Lipinski definition) is 2. The minimum atomic E-state index is -1.10. The van der Waals surface area contributed by atoms with Gasteiger partial charge in [-0.1, -0.05) is 5.21 Å². The number of aromatic nitrogens is 3. The van der Waals surface area contributed by atoms with Crippen LogP contribution in [0.2, 0.25) is 0 Å². The molecule has 0 saturated heterocycles. The molecule has 1 aromatic heterocycles. The van der Waals surface area contributed by atoms with E-state index in [-0.39, 0.29) is 11.5 Å². The Balaban J connectivity index is 1.84. The van der Waals surface area contributed by atoms with Gasteiger partial charge in [0.15, 0.2) is 5.69 Å². The van der Waals surface area contributed by atoms with Crippen LogP contribution in [-0.4, -0.2) is 32.6 Å². The lowest BCUT2D eigenvalue weighted by molar-refractivity contribution is 0.0690. The maximum absolute atomic E-state index is 12.6. The largest absolute Gasteiger partial charge is 0.476 e. The van der Waals surface area contributed by atoms with Crippen LogP contribution >= 0.6 is 0 Å². The van der Waals surface area contributed by atoms with Crippen LogP contribution in [0.15, 0.2) is 30.5 Å². The molecule has 0 spiro atoms. The number of halogens is 1. The summed E-state index contributed by atoms with van der Waals surface area (Å²) in [5.74, 6) is -1.39. The minimum Gasteiger partial charge on any atom is -0.476 e. The van der Waals surface area contributed by atoms with Crippen LogP contribution in [0.5, 0.6) is 0 Å². The third-order valence-corrected chi connectivity index (χ3v) is 2.27. The molecule has 0 aliphatic rings. The minimum absolute atomic E-state index is 0.0863. The number of rotatable bonds is 5. The summed E-state index contributed by atoms with van der Waals surface area (Å²) in [6, 6.07) is 5.97. The summed E-state index contributed by atoms with van der Waals surface area (Å²) in [5.41, 5.74) is 0.701. The number of nitrogens with one attached hydrogen (secondary N) is 1. The van der Waals surface area contributed by atoms with Gasteiger partial charge in [0.25, 0.3) is 0 Å². The molecule has 1 heterocycles. The van der Waals surface area contributed by atoms with Gasteiger partial charge in [-0.2, -0.15) is 0 Å². The Morgan fingerprint density at radius 1 is 1.39 bits per heavy atom. The summed E-state index contributed by atoms with van der Waals surface area (Å²) in [5, 5.41) is 18.9. The molecule has 0 aliphatic carbocycles. The second kappa shape index (κ2) is 5.26. The van der Waals surface area contributed by atoms with E-state index in [1.807, 2.05) is 0 Å². The highest BCUT2D eigenvalue weighted by atomic mass is 19.1. The molecule has 0 atom stereocenters. The molecule has 0 aliphatic heterocycles. The number of carboxylic acid groups (broad SMARTS) is 1. The van der Waals surface area contributed by atoms with Gasteiger partial charge >= 0.3 is 5.97 Å². The number of hydrogen-bond acceptors (Lipinski definition) is 4. The number of carboxylic acids is 1. The Morgan fingerprint density at radius 2 is 2.11 bits per heavy atom. The van der Waals surface area contributed by atoms with Crippen molar-refractivity contribution in [2.24, 2.45) is 0 Å². The van der Waals surface area contributed by atoms with Crippen molar-refractivity contribution in [3.63, 3.8) is 0 Å². The number of anilines is 1. The molecule has 0 radical (unpaired) electrons. The molecule has 2 rings (SSSR count). The molecular weight excluding hydrogens is 239 g/mol. The number of aromatic carboxylic acids is 1. The normalized spacial score (nSPS) is 10.3. The van der Waals surface area contributed by atoms with Crippen molar-refractivity contribution in [2.75, 3.05) is 11.9 Å². The predicted octanol–water partition coefficient (Wildman–Crippen LogP) is 1.23. The maximum Gasteiger partial charge on any atom is 0.358 e. The van der Waals surface area contributed by atoms with Gasteiger partial charge in [0.05, 0.1) is 12.7 Å². The highest BCUT2D eigenvalue weighted by Gasteiger charge is 2.07. The van der Waals surface area contributed by atoms with Gasteiger partial charge in [-0.15, -0.1) is 5.10 Å². The van der Waals surface area contributed by atoms with Crippen LogP contribution in [0.1, 0.15) is 10.5 Å². The van der Waals surface area contributed by atoms with Crippen LogP contribution in [0.3, 0.4) is 0 Å². The molecule has 0 unspecified atom stereocenters. The Kier molecular flexibility index (Phi) is 3.52. The Labute approximate surface area is 102 Å². The lowest BCUT2D eigenvalue weighted by atomic mass is 10.3. The van der Waals surface area contributed by atoms with E-state index in [0.717, 1.165) is 5.69 Å². The zero-order valence-corrected chi connectivity index (χ0v) is 9.38. The molecule has 0 fully saturated rings. The molecule has 2 aromatic rings. The first-order chi connectivity index (χ1) is 8.65. The van der Waals surface area contributed by atoms with E-state index in [9.17, 15) is 9.18 Å². The van der Waals surface area contributed by atoms with Gasteiger partial charge in [0.1, 0.15) is 5.82 Å². The van der Waals surface area contributed by atoms with Crippen molar-refractivity contribution in [1.29, 1.82) is 0 Å². The van der Waals surface area contributed by atoms with E-state index >= 15 is 0 Å². The summed E-state index contributed by atoms with van der Waals surface area (Å²) in [7, 11) is 0. The van der Waals surface area contributed by atoms with Crippen molar-refractivity contribution in [3.8, 4) is 0 Å². The monoisotopic (exact) mass is 250 g/mol. The fourth-order valence-corrected chi connectivity index (χ4v) is 1.39. The van der Waals surface area contributed by atoms with Gasteiger partial charge in [0, 0.05) is 12.2 Å². The molecular formula is C11H11FN4O2.